The molecule has 0 aromatic heterocycles. The molecule has 54 heavy (non-hydrogen) atoms. The number of aliphatic hydroxyl groups is 2. The van der Waals surface area contributed by atoms with Gasteiger partial charge in [0.05, 0.1) is 18.8 Å². The minimum Gasteiger partial charge on any atom is -0.394 e. The van der Waals surface area contributed by atoms with Crippen LogP contribution in [0.4, 0.5) is 0 Å². The molecule has 0 aliphatic heterocycles. The highest BCUT2D eigenvalue weighted by Gasteiger charge is 2.17. The van der Waals surface area contributed by atoms with Crippen molar-refractivity contribution in [3.8, 4) is 0 Å². The van der Waals surface area contributed by atoms with Crippen molar-refractivity contribution in [2.75, 3.05) is 6.61 Å². The van der Waals surface area contributed by atoms with Crippen LogP contribution in [-0.4, -0.2) is 34.9 Å². The number of hydrogen-bond donors (Lipinski definition) is 3. The molecule has 0 rings (SSSR count). The van der Waals surface area contributed by atoms with Gasteiger partial charge in [0.15, 0.2) is 0 Å². The van der Waals surface area contributed by atoms with Crippen molar-refractivity contribution < 1.29 is 15.0 Å². The third kappa shape index (κ3) is 40.0. The van der Waals surface area contributed by atoms with Gasteiger partial charge in [-0.1, -0.05) is 187 Å². The minimum absolute atomic E-state index is 0.142. The first-order valence-corrected chi connectivity index (χ1v) is 21.7. The van der Waals surface area contributed by atoms with E-state index in [0.29, 0.717) is 6.42 Å². The summed E-state index contributed by atoms with van der Waals surface area (Å²) in [5.74, 6) is -0.142. The van der Waals surface area contributed by atoms with Crippen LogP contribution in [0.1, 0.15) is 168 Å². The van der Waals surface area contributed by atoms with Gasteiger partial charge in [-0.3, -0.25) is 4.79 Å². The third-order valence-electron chi connectivity index (χ3n) is 8.91. The van der Waals surface area contributed by atoms with E-state index in [1.54, 1.807) is 6.08 Å². The lowest BCUT2D eigenvalue weighted by Gasteiger charge is -2.19. The maximum Gasteiger partial charge on any atom is 0.220 e. The molecule has 2 atom stereocenters. The smallest absolute Gasteiger partial charge is 0.220 e. The molecule has 0 bridgehead atoms. The van der Waals surface area contributed by atoms with Gasteiger partial charge in [-0.05, 0) is 96.3 Å². The van der Waals surface area contributed by atoms with E-state index >= 15 is 0 Å². The van der Waals surface area contributed by atoms with Crippen LogP contribution in [0.5, 0.6) is 0 Å². The van der Waals surface area contributed by atoms with E-state index in [1.807, 2.05) is 6.08 Å². The topological polar surface area (TPSA) is 69.6 Å². The Morgan fingerprint density at radius 1 is 0.463 bits per heavy atom. The fourth-order valence-corrected chi connectivity index (χ4v) is 5.61. The zero-order valence-corrected chi connectivity index (χ0v) is 34.7. The van der Waals surface area contributed by atoms with Gasteiger partial charge >= 0.3 is 0 Å². The number of nitrogens with one attached hydrogen (secondary N) is 1. The van der Waals surface area contributed by atoms with Crippen LogP contribution in [0.15, 0.2) is 122 Å². The Morgan fingerprint density at radius 3 is 1.30 bits per heavy atom. The molecule has 4 nitrogen and oxygen atoms in total. The Hall–Kier alpha value is -3.21. The molecule has 0 aliphatic rings. The number of hydrogen-bond acceptors (Lipinski definition) is 3. The molecular weight excluding hydrogens is 663 g/mol. The Bertz CT molecular complexity index is 1120. The van der Waals surface area contributed by atoms with Gasteiger partial charge in [-0.15, -0.1) is 0 Å². The SMILES string of the molecule is CC/C=C\C/C=C\C/C=C\C/C=C\C/C=C\C/C=C\C/C=C\CCCC(=O)NC(CO)C(O)/C=C/CC/C=C/CC/C=C/CCCCCCCCCCC. The predicted molar refractivity (Wildman–Crippen MR) is 239 cm³/mol. The molecule has 0 aromatic rings. The number of rotatable bonds is 37. The van der Waals surface area contributed by atoms with Crippen LogP contribution in [-0.2, 0) is 4.79 Å². The minimum atomic E-state index is -0.903. The Morgan fingerprint density at radius 2 is 0.833 bits per heavy atom. The lowest BCUT2D eigenvalue weighted by atomic mass is 10.1. The molecule has 4 heteroatoms. The molecule has 304 valence electrons. The van der Waals surface area contributed by atoms with Crippen LogP contribution in [0, 0.1) is 0 Å². The molecule has 0 saturated heterocycles. The van der Waals surface area contributed by atoms with E-state index in [1.165, 1.54) is 64.2 Å². The average molecular weight is 744 g/mol. The summed E-state index contributed by atoms with van der Waals surface area (Å²) in [7, 11) is 0. The van der Waals surface area contributed by atoms with Crippen LogP contribution in [0.25, 0.3) is 0 Å². The summed E-state index contributed by atoms with van der Waals surface area (Å²) in [6.07, 6.45) is 68.7. The first-order chi connectivity index (χ1) is 26.7. The summed E-state index contributed by atoms with van der Waals surface area (Å²) in [4.78, 5) is 12.4. The fourth-order valence-electron chi connectivity index (χ4n) is 5.61. The lowest BCUT2D eigenvalue weighted by molar-refractivity contribution is -0.122. The first kappa shape index (κ1) is 50.8. The van der Waals surface area contributed by atoms with E-state index in [4.69, 9.17) is 0 Å². The summed E-state index contributed by atoms with van der Waals surface area (Å²) in [5, 5.41) is 22.9. The highest BCUT2D eigenvalue weighted by atomic mass is 16.3. The largest absolute Gasteiger partial charge is 0.394 e. The maximum absolute atomic E-state index is 12.4. The normalized spacial score (nSPS) is 14.2. The second-order valence-electron chi connectivity index (χ2n) is 14.0. The standard InChI is InChI=1S/C50H81NO3/c1-3-5-7-9-11-13-15-17-19-21-23-24-25-26-28-30-32-34-36-38-40-42-44-46-50(54)51-48(47-52)49(53)45-43-41-39-37-35-33-31-29-27-22-20-18-16-14-12-10-8-6-4-2/h5,7,11,13,17,19,23-24,26-29,32,34-35,37-38,40,43,45,48-49,52-53H,3-4,6,8-10,12,14-16,18,20-22,25,30-31,33,36,39,41-42,44,46-47H2,1-2H3,(H,51,54)/b7-5-,13-11-,19-17-,24-23-,28-26-,29-27+,34-32-,37-35+,40-38-,45-43+. The van der Waals surface area contributed by atoms with Gasteiger partial charge in [-0.25, -0.2) is 0 Å². The summed E-state index contributed by atoms with van der Waals surface area (Å²) in [6.45, 7) is 4.13. The van der Waals surface area contributed by atoms with Crippen molar-refractivity contribution in [2.24, 2.45) is 0 Å². The fraction of sp³-hybridized carbons (Fsp3) is 0.580. The molecule has 0 heterocycles. The van der Waals surface area contributed by atoms with Gasteiger partial charge in [0.25, 0.3) is 0 Å². The van der Waals surface area contributed by atoms with Crippen LogP contribution >= 0.6 is 0 Å². The van der Waals surface area contributed by atoms with Gasteiger partial charge in [-0.2, -0.15) is 0 Å². The third-order valence-corrected chi connectivity index (χ3v) is 8.91. The molecule has 0 aromatic carbocycles. The van der Waals surface area contributed by atoms with E-state index in [9.17, 15) is 15.0 Å². The van der Waals surface area contributed by atoms with Crippen molar-refractivity contribution in [1.29, 1.82) is 0 Å². The molecule has 0 fully saturated rings. The van der Waals surface area contributed by atoms with Gasteiger partial charge in [0.2, 0.25) is 5.91 Å². The lowest BCUT2D eigenvalue weighted by Crippen LogP contribution is -2.45. The molecule has 0 saturated carbocycles. The van der Waals surface area contributed by atoms with E-state index in [-0.39, 0.29) is 12.5 Å². The van der Waals surface area contributed by atoms with Crippen molar-refractivity contribution in [2.45, 2.75) is 180 Å². The number of carbonyl (C=O) groups excluding carboxylic acids is 1. The molecule has 0 spiro atoms. The van der Waals surface area contributed by atoms with Crippen LogP contribution in [0.2, 0.25) is 0 Å². The van der Waals surface area contributed by atoms with Crippen molar-refractivity contribution >= 4 is 5.91 Å². The zero-order chi connectivity index (χ0) is 39.3. The monoisotopic (exact) mass is 744 g/mol. The average Bonchev–Trinajstić information content (AvgIpc) is 3.18. The summed E-state index contributed by atoms with van der Waals surface area (Å²) >= 11 is 0. The van der Waals surface area contributed by atoms with E-state index in [0.717, 1.165) is 83.5 Å². The Balaban J connectivity index is 3.83. The number of aliphatic hydroxyl groups excluding tert-OH is 2. The van der Waals surface area contributed by atoms with E-state index < -0.39 is 12.1 Å². The molecular formula is C50H81NO3. The van der Waals surface area contributed by atoms with Gasteiger partial charge in [0.1, 0.15) is 0 Å². The summed E-state index contributed by atoms with van der Waals surface area (Å²) < 4.78 is 0. The molecule has 0 radical (unpaired) electrons. The van der Waals surface area contributed by atoms with Crippen molar-refractivity contribution in [3.63, 3.8) is 0 Å². The molecule has 2 unspecified atom stereocenters. The van der Waals surface area contributed by atoms with Crippen LogP contribution < -0.4 is 5.32 Å². The maximum atomic E-state index is 12.4. The second-order valence-corrected chi connectivity index (χ2v) is 14.0. The molecule has 1 amide bonds. The highest BCUT2D eigenvalue weighted by Crippen LogP contribution is 2.11. The summed E-state index contributed by atoms with van der Waals surface area (Å²) in [6, 6.07) is -0.685. The number of allylic oxidation sites excluding steroid dienone is 19. The zero-order valence-electron chi connectivity index (χ0n) is 34.7. The van der Waals surface area contributed by atoms with E-state index in [2.05, 4.69) is 129 Å². The predicted octanol–water partition coefficient (Wildman–Crippen LogP) is 13.8. The highest BCUT2D eigenvalue weighted by molar-refractivity contribution is 5.76. The molecule has 0 aliphatic carbocycles. The van der Waals surface area contributed by atoms with Crippen LogP contribution in [0.3, 0.4) is 0 Å². The Labute approximate surface area is 333 Å². The summed E-state index contributed by atoms with van der Waals surface area (Å²) in [5.41, 5.74) is 0. The number of carbonyl (C=O) groups is 1. The second kappa shape index (κ2) is 44.2. The quantitative estimate of drug-likeness (QED) is 0.0438. The van der Waals surface area contributed by atoms with Crippen molar-refractivity contribution in [1.82, 2.24) is 5.32 Å². The molecule has 3 N–H and O–H groups in total. The van der Waals surface area contributed by atoms with Gasteiger partial charge in [0, 0.05) is 6.42 Å². The Kier molecular flexibility index (Phi) is 41.6. The number of unbranched alkanes of at least 4 members (excludes halogenated alkanes) is 12. The number of amides is 1. The first-order valence-electron chi connectivity index (χ1n) is 21.7. The van der Waals surface area contributed by atoms with Crippen molar-refractivity contribution in [3.05, 3.63) is 122 Å². The van der Waals surface area contributed by atoms with Gasteiger partial charge < -0.3 is 15.5 Å².